The fourth-order valence-electron chi connectivity index (χ4n) is 8.30. The van der Waals surface area contributed by atoms with E-state index in [0.717, 1.165) is 4.90 Å². The van der Waals surface area contributed by atoms with E-state index in [1.165, 1.54) is 26.2 Å². The standard InChI is InChI=1S/C41H50F3N5O9S/c1-23-19-39(57-31-30(23)26-18-25(56-6)14-15-27(26)45-32(31)41(42,43)44)21-29-33(50)47-40(35(52)48-59(54,55)38(5)16-17-38)20-24(40)12-10-8-7-9-11-13-28(34(51)49(29)22-39)46-36(53)58-37(2,3)4/h10,12,14-15,18-19,24,28-29H,7-9,11,13,16-17,20-22H2,1-6H3,(H,46,53)(H,47,50)(H,48,52)/b12-10-/t24-,28-,29-,39+,40+/m0/s1. The van der Waals surface area contributed by atoms with Crippen molar-refractivity contribution in [2.45, 2.75) is 132 Å². The van der Waals surface area contributed by atoms with Gasteiger partial charge >= 0.3 is 12.3 Å². The predicted molar refractivity (Wildman–Crippen MR) is 209 cm³/mol. The van der Waals surface area contributed by atoms with Crippen molar-refractivity contribution in [3.05, 3.63) is 47.7 Å². The van der Waals surface area contributed by atoms with Crippen LogP contribution in [0.25, 0.3) is 16.5 Å². The van der Waals surface area contributed by atoms with Crippen LogP contribution in [0, 0.1) is 5.92 Å². The van der Waals surface area contributed by atoms with Crippen molar-refractivity contribution in [3.8, 4) is 11.5 Å². The number of sulfonamides is 1. The third kappa shape index (κ3) is 8.20. The van der Waals surface area contributed by atoms with Gasteiger partial charge in [-0.3, -0.25) is 19.1 Å². The molecule has 4 heterocycles. The number of halogens is 3. The van der Waals surface area contributed by atoms with Gasteiger partial charge in [-0.25, -0.2) is 18.2 Å². The summed E-state index contributed by atoms with van der Waals surface area (Å²) in [6.45, 7) is 7.69. The van der Waals surface area contributed by atoms with Crippen molar-refractivity contribution in [1.82, 2.24) is 25.2 Å². The minimum atomic E-state index is -4.97. The maximum absolute atomic E-state index is 14.8. The molecule has 3 N–H and O–H groups in total. The molecule has 0 bridgehead atoms. The molecule has 2 saturated carbocycles. The van der Waals surface area contributed by atoms with Gasteiger partial charge in [0.15, 0.2) is 11.4 Å². The summed E-state index contributed by atoms with van der Waals surface area (Å²) in [5.74, 6) is -3.27. The number of aromatic nitrogens is 1. The fraction of sp³-hybridized carbons (Fsp3) is 0.585. The Balaban J connectivity index is 1.30. The molecule has 4 amide bonds. The Morgan fingerprint density at radius 3 is 2.47 bits per heavy atom. The summed E-state index contributed by atoms with van der Waals surface area (Å²) in [6, 6.07) is 1.80. The van der Waals surface area contributed by atoms with Crippen LogP contribution in [0.3, 0.4) is 0 Å². The molecule has 14 nitrogen and oxygen atoms in total. The first-order chi connectivity index (χ1) is 27.5. The summed E-state index contributed by atoms with van der Waals surface area (Å²) >= 11 is 0. The monoisotopic (exact) mass is 845 g/mol. The Hall–Kier alpha value is -4.87. The summed E-state index contributed by atoms with van der Waals surface area (Å²) in [6.07, 6.45) is 2.41. The third-order valence-corrected chi connectivity index (χ3v) is 14.0. The number of carbonyl (C=O) groups is 4. The molecule has 1 aromatic carbocycles. The summed E-state index contributed by atoms with van der Waals surface area (Å²) in [4.78, 5) is 61.7. The van der Waals surface area contributed by atoms with E-state index in [9.17, 15) is 40.8 Å². The summed E-state index contributed by atoms with van der Waals surface area (Å²) in [5.41, 5.74) is -5.10. The molecule has 3 fully saturated rings. The number of methoxy groups -OCH3 is 1. The lowest BCUT2D eigenvalue weighted by Gasteiger charge is -2.35. The predicted octanol–water partition coefficient (Wildman–Crippen LogP) is 5.68. The second-order valence-corrected chi connectivity index (χ2v) is 19.8. The number of carbonyl (C=O) groups excluding carboxylic acids is 4. The van der Waals surface area contributed by atoms with Crippen LogP contribution in [-0.2, 0) is 35.3 Å². The van der Waals surface area contributed by atoms with Crippen molar-refractivity contribution in [2.24, 2.45) is 5.92 Å². The zero-order chi connectivity index (χ0) is 42.9. The number of fused-ring (bicyclic) bond motifs is 5. The Labute approximate surface area is 340 Å². The number of alkyl carbamates (subject to hydrolysis) is 1. The Bertz CT molecular complexity index is 2270. The minimum Gasteiger partial charge on any atom is -0.497 e. The maximum atomic E-state index is 14.8. The van der Waals surface area contributed by atoms with Crippen molar-refractivity contribution in [1.29, 1.82) is 0 Å². The number of nitrogens with one attached hydrogen (secondary N) is 3. The fourth-order valence-corrected chi connectivity index (χ4v) is 9.61. The molecule has 18 heteroatoms. The molecule has 1 aromatic heterocycles. The number of allylic oxidation sites excluding steroid dienone is 2. The maximum Gasteiger partial charge on any atom is 0.437 e. The van der Waals surface area contributed by atoms with Crippen LogP contribution in [0.15, 0.2) is 36.4 Å². The first kappa shape index (κ1) is 42.3. The third-order valence-electron chi connectivity index (χ3n) is 11.9. The van der Waals surface area contributed by atoms with E-state index in [-0.39, 0.29) is 30.3 Å². The molecule has 5 atom stereocenters. The first-order valence-corrected chi connectivity index (χ1v) is 21.3. The summed E-state index contributed by atoms with van der Waals surface area (Å²) < 4.78 is 89.2. The molecule has 5 aliphatic rings. The van der Waals surface area contributed by atoms with E-state index in [2.05, 4.69) is 20.3 Å². The van der Waals surface area contributed by atoms with Crippen molar-refractivity contribution in [2.75, 3.05) is 13.7 Å². The number of hydrogen-bond acceptors (Lipinski definition) is 10. The van der Waals surface area contributed by atoms with Crippen LogP contribution in [0.5, 0.6) is 11.5 Å². The number of pyridine rings is 1. The van der Waals surface area contributed by atoms with E-state index in [1.54, 1.807) is 45.9 Å². The highest BCUT2D eigenvalue weighted by Gasteiger charge is 2.64. The van der Waals surface area contributed by atoms with Gasteiger partial charge in [-0.15, -0.1) is 0 Å². The number of hydrogen-bond donors (Lipinski definition) is 3. The molecule has 1 saturated heterocycles. The molecule has 0 unspecified atom stereocenters. The van der Waals surface area contributed by atoms with E-state index in [4.69, 9.17) is 14.2 Å². The summed E-state index contributed by atoms with van der Waals surface area (Å²) in [7, 11) is -2.68. The van der Waals surface area contributed by atoms with Crippen LogP contribution in [-0.4, -0.2) is 89.3 Å². The lowest BCUT2D eigenvalue weighted by atomic mass is 9.88. The van der Waals surface area contributed by atoms with Crippen LogP contribution >= 0.6 is 0 Å². The van der Waals surface area contributed by atoms with Gasteiger partial charge in [-0.1, -0.05) is 25.0 Å². The van der Waals surface area contributed by atoms with Crippen LogP contribution in [0.4, 0.5) is 18.0 Å². The molecular formula is C41H50F3N5O9S. The van der Waals surface area contributed by atoms with E-state index in [1.807, 2.05) is 6.08 Å². The molecule has 2 aliphatic carbocycles. The van der Waals surface area contributed by atoms with E-state index in [0.29, 0.717) is 55.2 Å². The van der Waals surface area contributed by atoms with Gasteiger partial charge in [0, 0.05) is 23.3 Å². The van der Waals surface area contributed by atoms with Gasteiger partial charge in [-0.05, 0) is 103 Å². The smallest absolute Gasteiger partial charge is 0.437 e. The van der Waals surface area contributed by atoms with Gasteiger partial charge in [0.25, 0.3) is 5.91 Å². The van der Waals surface area contributed by atoms with Gasteiger partial charge in [0.1, 0.15) is 34.6 Å². The van der Waals surface area contributed by atoms with Crippen LogP contribution < -0.4 is 24.8 Å². The normalized spacial score (nSPS) is 28.7. The second-order valence-electron chi connectivity index (χ2n) is 17.6. The number of amides is 4. The van der Waals surface area contributed by atoms with E-state index < -0.39 is 97.5 Å². The Morgan fingerprint density at radius 2 is 1.81 bits per heavy atom. The second kappa shape index (κ2) is 14.7. The van der Waals surface area contributed by atoms with Crippen LogP contribution in [0.1, 0.15) is 104 Å². The van der Waals surface area contributed by atoms with E-state index >= 15 is 0 Å². The quantitative estimate of drug-likeness (QED) is 0.317. The highest BCUT2D eigenvalue weighted by molar-refractivity contribution is 7.91. The number of benzene rings is 1. The molecule has 1 spiro atoms. The molecule has 3 aliphatic heterocycles. The largest absolute Gasteiger partial charge is 0.497 e. The van der Waals surface area contributed by atoms with Gasteiger partial charge in [0.2, 0.25) is 21.8 Å². The van der Waals surface area contributed by atoms with Gasteiger partial charge in [0.05, 0.1) is 23.9 Å². The lowest BCUT2D eigenvalue weighted by Crippen LogP contribution is -2.58. The number of nitrogens with zero attached hydrogens (tertiary/aromatic N) is 2. The highest BCUT2D eigenvalue weighted by atomic mass is 32.2. The average molecular weight is 846 g/mol. The zero-order valence-electron chi connectivity index (χ0n) is 33.9. The summed E-state index contributed by atoms with van der Waals surface area (Å²) in [5, 5.41) is 5.76. The molecule has 7 rings (SSSR count). The molecule has 0 radical (unpaired) electrons. The topological polar surface area (TPSA) is 182 Å². The minimum absolute atomic E-state index is 0.0446. The average Bonchev–Trinajstić information content (AvgIpc) is 4.03. The molecular weight excluding hydrogens is 796 g/mol. The van der Waals surface area contributed by atoms with Crippen molar-refractivity contribution >= 4 is 50.3 Å². The zero-order valence-corrected chi connectivity index (χ0v) is 34.7. The highest BCUT2D eigenvalue weighted by Crippen LogP contribution is 2.51. The lowest BCUT2D eigenvalue weighted by molar-refractivity contribution is -0.143. The molecule has 320 valence electrons. The first-order valence-electron chi connectivity index (χ1n) is 19.8. The SMILES string of the molecule is COc1ccc2nc(C(F)(F)F)c3c(c2c1)C(C)=C[C@]1(C[C@H]2C(=O)N[C@]4(C(=O)NS(=O)(=O)C5(C)CC5)C[C@@H]4/C=C\CCCCC[C@H](NC(=O)OC(C)(C)C)C(=O)N2C1)O3. The number of alkyl halides is 3. The Morgan fingerprint density at radius 1 is 1.08 bits per heavy atom. The Kier molecular flexibility index (Phi) is 10.5. The van der Waals surface area contributed by atoms with Gasteiger partial charge in [-0.2, -0.15) is 13.2 Å². The number of rotatable bonds is 5. The molecule has 2 aromatic rings. The number of ether oxygens (including phenoxy) is 3. The molecule has 59 heavy (non-hydrogen) atoms. The van der Waals surface area contributed by atoms with Crippen LogP contribution in [0.2, 0.25) is 0 Å². The van der Waals surface area contributed by atoms with Gasteiger partial charge < -0.3 is 29.7 Å². The van der Waals surface area contributed by atoms with Crippen molar-refractivity contribution < 1.29 is 55.0 Å². The van der Waals surface area contributed by atoms with Crippen molar-refractivity contribution in [3.63, 3.8) is 0 Å².